The number of carbonyl (C=O) groups excluding carboxylic acids is 1. The average Bonchev–Trinajstić information content (AvgIpc) is 2.98. The average molecular weight is 454 g/mol. The number of thiophene rings is 1. The van der Waals surface area contributed by atoms with E-state index >= 15 is 0 Å². The van der Waals surface area contributed by atoms with E-state index in [0.717, 1.165) is 44.7 Å². The van der Waals surface area contributed by atoms with E-state index in [1.807, 2.05) is 36.1 Å². The van der Waals surface area contributed by atoms with E-state index in [2.05, 4.69) is 35.0 Å². The molecular weight excluding hydrogens is 434 g/mol. The largest absolute Gasteiger partial charge is 0.384 e. The molecule has 0 saturated heterocycles. The maximum absolute atomic E-state index is 13.1. The molecule has 2 aliphatic rings. The fourth-order valence-electron chi connectivity index (χ4n) is 4.24. The van der Waals surface area contributed by atoms with Gasteiger partial charge in [0, 0.05) is 37.6 Å². The number of anilines is 1. The van der Waals surface area contributed by atoms with Crippen molar-refractivity contribution in [2.45, 2.75) is 39.0 Å². The van der Waals surface area contributed by atoms with E-state index in [-0.39, 0.29) is 11.7 Å². The maximum Gasteiger partial charge on any atom is 0.161 e. The van der Waals surface area contributed by atoms with Crippen molar-refractivity contribution < 1.29 is 4.79 Å². The summed E-state index contributed by atoms with van der Waals surface area (Å²) in [6.45, 7) is 4.10. The first kappa shape index (κ1) is 19.0. The molecular formula is C22H20BrN3OS. The number of hydrogen-bond donors (Lipinski definition) is 1. The van der Waals surface area contributed by atoms with Crippen molar-refractivity contribution in [1.29, 1.82) is 5.26 Å². The second-order valence-corrected chi connectivity index (χ2v) is 9.54. The number of aryl methyl sites for hydroxylation is 2. The number of carbonyl (C=O) groups is 1. The van der Waals surface area contributed by atoms with Crippen LogP contribution < -0.4 is 10.6 Å². The standard InChI is InChI=1S/C22H20BrN3OS/c1-12-9-16(13(2)28-12)20-17(11-24)22(25)26(15-6-3-5-14(23)10-15)18-7-4-8-19(27)21(18)20/h3,5-6,9-10,20H,4,7-8,25H2,1-2H3/t20-/m0/s1. The summed E-state index contributed by atoms with van der Waals surface area (Å²) in [6, 6.07) is 12.2. The highest BCUT2D eigenvalue weighted by Crippen LogP contribution is 2.48. The van der Waals surface area contributed by atoms with Crippen LogP contribution in [-0.4, -0.2) is 5.78 Å². The lowest BCUT2D eigenvalue weighted by atomic mass is 9.75. The molecule has 28 heavy (non-hydrogen) atoms. The van der Waals surface area contributed by atoms with Gasteiger partial charge >= 0.3 is 0 Å². The molecule has 2 aromatic rings. The monoisotopic (exact) mass is 453 g/mol. The van der Waals surface area contributed by atoms with Crippen LogP contribution >= 0.6 is 27.3 Å². The number of benzene rings is 1. The minimum Gasteiger partial charge on any atom is -0.384 e. The third-order valence-electron chi connectivity index (χ3n) is 5.37. The lowest BCUT2D eigenvalue weighted by Crippen LogP contribution is -2.38. The van der Waals surface area contributed by atoms with Gasteiger partial charge in [0.15, 0.2) is 5.78 Å². The topological polar surface area (TPSA) is 70.1 Å². The van der Waals surface area contributed by atoms with Gasteiger partial charge in [-0.15, -0.1) is 11.3 Å². The van der Waals surface area contributed by atoms with Crippen LogP contribution in [0.25, 0.3) is 0 Å². The fraction of sp³-hybridized carbons (Fsp3) is 0.273. The van der Waals surface area contributed by atoms with E-state index in [9.17, 15) is 10.1 Å². The third-order valence-corrected chi connectivity index (χ3v) is 6.85. The van der Waals surface area contributed by atoms with Gasteiger partial charge in [0.25, 0.3) is 0 Å². The lowest BCUT2D eigenvalue weighted by molar-refractivity contribution is -0.116. The Kier molecular flexibility index (Phi) is 4.90. The fourth-order valence-corrected chi connectivity index (χ4v) is 5.60. The predicted octanol–water partition coefficient (Wildman–Crippen LogP) is 5.43. The van der Waals surface area contributed by atoms with Crippen LogP contribution in [-0.2, 0) is 4.79 Å². The molecule has 4 rings (SSSR count). The van der Waals surface area contributed by atoms with Crippen molar-refractivity contribution in [2.75, 3.05) is 4.90 Å². The molecule has 1 atom stereocenters. The number of hydrogen-bond acceptors (Lipinski definition) is 5. The number of allylic oxidation sites excluding steroid dienone is 3. The normalized spacial score (nSPS) is 19.7. The van der Waals surface area contributed by atoms with Gasteiger partial charge in [-0.3, -0.25) is 9.69 Å². The Labute approximate surface area is 177 Å². The van der Waals surface area contributed by atoms with Crippen molar-refractivity contribution in [1.82, 2.24) is 0 Å². The summed E-state index contributed by atoms with van der Waals surface area (Å²) in [4.78, 5) is 17.3. The number of ketones is 1. The first-order chi connectivity index (χ1) is 13.4. The Morgan fingerprint density at radius 3 is 2.71 bits per heavy atom. The van der Waals surface area contributed by atoms with Crippen molar-refractivity contribution in [3.63, 3.8) is 0 Å². The number of Topliss-reactive ketones (excluding diaryl/α,β-unsaturated/α-hetero) is 1. The van der Waals surface area contributed by atoms with Gasteiger partial charge in [0.2, 0.25) is 0 Å². The molecule has 1 aliphatic carbocycles. The van der Waals surface area contributed by atoms with Crippen LogP contribution in [0.4, 0.5) is 5.69 Å². The van der Waals surface area contributed by atoms with Crippen molar-refractivity contribution in [2.24, 2.45) is 5.73 Å². The number of rotatable bonds is 2. The molecule has 0 spiro atoms. The Morgan fingerprint density at radius 1 is 1.29 bits per heavy atom. The van der Waals surface area contributed by atoms with E-state index < -0.39 is 0 Å². The smallest absolute Gasteiger partial charge is 0.161 e. The summed E-state index contributed by atoms with van der Waals surface area (Å²) in [5.74, 6) is 0.165. The lowest BCUT2D eigenvalue weighted by Gasteiger charge is -2.39. The van der Waals surface area contributed by atoms with Crippen molar-refractivity contribution in [3.05, 3.63) is 72.8 Å². The second-order valence-electron chi connectivity index (χ2n) is 7.16. The zero-order chi connectivity index (χ0) is 20.0. The summed E-state index contributed by atoms with van der Waals surface area (Å²) in [5.41, 5.74) is 10.6. The Morgan fingerprint density at radius 2 is 2.07 bits per heavy atom. The first-order valence-corrected chi connectivity index (χ1v) is 10.8. The third kappa shape index (κ3) is 2.99. The highest BCUT2D eigenvalue weighted by atomic mass is 79.9. The van der Waals surface area contributed by atoms with Crippen LogP contribution in [0, 0.1) is 25.2 Å². The van der Waals surface area contributed by atoms with Crippen LogP contribution in [0.15, 0.2) is 57.5 Å². The second kappa shape index (κ2) is 7.23. The van der Waals surface area contributed by atoms with Gasteiger partial charge in [-0.2, -0.15) is 5.26 Å². The molecule has 2 N–H and O–H groups in total. The Bertz CT molecular complexity index is 1090. The van der Waals surface area contributed by atoms with E-state index in [1.165, 1.54) is 4.88 Å². The molecule has 0 fully saturated rings. The molecule has 0 amide bonds. The van der Waals surface area contributed by atoms with Crippen LogP contribution in [0.2, 0.25) is 0 Å². The number of nitriles is 1. The maximum atomic E-state index is 13.1. The molecule has 4 nitrogen and oxygen atoms in total. The van der Waals surface area contributed by atoms with E-state index in [4.69, 9.17) is 5.73 Å². The Hall–Kier alpha value is -2.36. The number of halogens is 1. The van der Waals surface area contributed by atoms with Gasteiger partial charge in [-0.1, -0.05) is 22.0 Å². The first-order valence-electron chi connectivity index (χ1n) is 9.21. The predicted molar refractivity (Wildman–Crippen MR) is 116 cm³/mol. The zero-order valence-electron chi connectivity index (χ0n) is 15.8. The highest BCUT2D eigenvalue weighted by Gasteiger charge is 2.41. The number of nitrogens with zero attached hydrogens (tertiary/aromatic N) is 2. The Balaban J connectivity index is 2.00. The van der Waals surface area contributed by atoms with Gasteiger partial charge in [-0.25, -0.2) is 0 Å². The quantitative estimate of drug-likeness (QED) is 0.657. The molecule has 142 valence electrons. The molecule has 6 heteroatoms. The molecule has 0 saturated carbocycles. The summed E-state index contributed by atoms with van der Waals surface area (Å²) in [7, 11) is 0. The minimum absolute atomic E-state index is 0.120. The molecule has 1 aromatic carbocycles. The number of nitrogens with two attached hydrogens (primary N) is 1. The van der Waals surface area contributed by atoms with E-state index in [1.54, 1.807) is 11.3 Å². The van der Waals surface area contributed by atoms with Crippen molar-refractivity contribution >= 4 is 38.7 Å². The highest BCUT2D eigenvalue weighted by molar-refractivity contribution is 9.10. The van der Waals surface area contributed by atoms with Gasteiger partial charge < -0.3 is 5.73 Å². The molecule has 0 bridgehead atoms. The zero-order valence-corrected chi connectivity index (χ0v) is 18.2. The summed E-state index contributed by atoms with van der Waals surface area (Å²) in [6.07, 6.45) is 2.08. The molecule has 2 heterocycles. The van der Waals surface area contributed by atoms with Crippen molar-refractivity contribution in [3.8, 4) is 6.07 Å². The van der Waals surface area contributed by atoms with Gasteiger partial charge in [0.05, 0.1) is 17.6 Å². The van der Waals surface area contributed by atoms with Gasteiger partial charge in [-0.05, 0) is 56.5 Å². The van der Waals surface area contributed by atoms with Crippen LogP contribution in [0.3, 0.4) is 0 Å². The molecule has 1 aliphatic heterocycles. The SMILES string of the molecule is Cc1cc([C@H]2C(C#N)=C(N)N(c3cccc(Br)c3)C3=C2C(=O)CCC3)c(C)s1. The van der Waals surface area contributed by atoms with Crippen LogP contribution in [0.5, 0.6) is 0 Å². The summed E-state index contributed by atoms with van der Waals surface area (Å²) in [5, 5.41) is 10.0. The molecule has 1 aromatic heterocycles. The van der Waals surface area contributed by atoms with Gasteiger partial charge in [0.1, 0.15) is 5.82 Å². The summed E-state index contributed by atoms with van der Waals surface area (Å²) >= 11 is 5.20. The molecule has 0 unspecified atom stereocenters. The summed E-state index contributed by atoms with van der Waals surface area (Å²) < 4.78 is 0.923. The van der Waals surface area contributed by atoms with E-state index in [0.29, 0.717) is 17.8 Å². The molecule has 0 radical (unpaired) electrons. The van der Waals surface area contributed by atoms with Crippen LogP contribution in [0.1, 0.15) is 40.5 Å². The minimum atomic E-state index is -0.374.